The Balaban J connectivity index is 1.72. The maximum absolute atomic E-state index is 13.2. The summed E-state index contributed by atoms with van der Waals surface area (Å²) in [4.78, 5) is 29.5. The van der Waals surface area contributed by atoms with Gasteiger partial charge in [-0.15, -0.1) is 5.10 Å². The summed E-state index contributed by atoms with van der Waals surface area (Å²) in [6, 6.07) is 3.53. The van der Waals surface area contributed by atoms with E-state index < -0.39 is 24.3 Å². The molecule has 10 nitrogen and oxygen atoms in total. The highest BCUT2D eigenvalue weighted by Crippen LogP contribution is 2.30. The Morgan fingerprint density at radius 3 is 2.71 bits per heavy atom. The minimum atomic E-state index is -0.984. The van der Waals surface area contributed by atoms with Gasteiger partial charge in [-0.1, -0.05) is 5.21 Å². The summed E-state index contributed by atoms with van der Waals surface area (Å²) >= 11 is 0. The topological polar surface area (TPSA) is 120 Å². The van der Waals surface area contributed by atoms with E-state index in [1.807, 2.05) is 0 Å². The largest absolute Gasteiger partial charge is 0.489 e. The summed E-state index contributed by atoms with van der Waals surface area (Å²) in [7, 11) is 3.17. The first-order chi connectivity index (χ1) is 16.0. The SMILES string of the molecule is Cc1nc(-c2nnn(C)c2COC(=O)N(C)C(C)(C)CF)ccc1O[C@H]1CCC[C@H](C(=O)O)C1. The summed E-state index contributed by atoms with van der Waals surface area (Å²) in [6.45, 7) is 4.21. The van der Waals surface area contributed by atoms with Gasteiger partial charge in [-0.05, 0) is 58.6 Å². The number of aromatic nitrogens is 4. The molecule has 1 fully saturated rings. The van der Waals surface area contributed by atoms with Crippen molar-refractivity contribution in [3.05, 3.63) is 23.5 Å². The van der Waals surface area contributed by atoms with E-state index >= 15 is 0 Å². The van der Waals surface area contributed by atoms with Gasteiger partial charge in [-0.3, -0.25) is 4.79 Å². The van der Waals surface area contributed by atoms with Gasteiger partial charge >= 0.3 is 12.1 Å². The molecule has 0 spiro atoms. The van der Waals surface area contributed by atoms with Crippen LogP contribution in [0.1, 0.15) is 50.9 Å². The van der Waals surface area contributed by atoms with E-state index in [1.165, 1.54) is 16.6 Å². The number of carboxylic acid groups (broad SMARTS) is 1. The van der Waals surface area contributed by atoms with Gasteiger partial charge in [-0.25, -0.2) is 18.9 Å². The third-order valence-electron chi connectivity index (χ3n) is 6.33. The first-order valence-corrected chi connectivity index (χ1v) is 11.3. The van der Waals surface area contributed by atoms with E-state index in [2.05, 4.69) is 15.3 Å². The van der Waals surface area contributed by atoms with Crippen LogP contribution < -0.4 is 4.74 Å². The van der Waals surface area contributed by atoms with Gasteiger partial charge < -0.3 is 19.5 Å². The van der Waals surface area contributed by atoms with Crippen LogP contribution in [0.5, 0.6) is 5.75 Å². The van der Waals surface area contributed by atoms with Gasteiger partial charge in [-0.2, -0.15) is 0 Å². The van der Waals surface area contributed by atoms with E-state index in [0.29, 0.717) is 41.4 Å². The maximum atomic E-state index is 13.2. The molecule has 1 saturated carbocycles. The Hall–Kier alpha value is -3.24. The number of ether oxygens (including phenoxy) is 2. The summed E-state index contributed by atoms with van der Waals surface area (Å²) in [5.74, 6) is -0.578. The number of carbonyl (C=O) groups excluding carboxylic acids is 1. The van der Waals surface area contributed by atoms with E-state index in [0.717, 1.165) is 12.8 Å². The van der Waals surface area contributed by atoms with Gasteiger partial charge in [0.2, 0.25) is 0 Å². The Bertz CT molecular complexity index is 1040. The summed E-state index contributed by atoms with van der Waals surface area (Å²) in [5, 5.41) is 17.5. The number of aryl methyl sites for hydroxylation is 2. The lowest BCUT2D eigenvalue weighted by atomic mass is 9.87. The Morgan fingerprint density at radius 1 is 1.32 bits per heavy atom. The third-order valence-corrected chi connectivity index (χ3v) is 6.33. The quantitative estimate of drug-likeness (QED) is 0.613. The van der Waals surface area contributed by atoms with Crippen molar-refractivity contribution in [3.8, 4) is 17.1 Å². The molecule has 1 aliphatic carbocycles. The van der Waals surface area contributed by atoms with E-state index in [9.17, 15) is 19.1 Å². The monoisotopic (exact) mass is 477 g/mol. The number of halogens is 1. The van der Waals surface area contributed by atoms with E-state index in [4.69, 9.17) is 9.47 Å². The van der Waals surface area contributed by atoms with Gasteiger partial charge in [0.25, 0.3) is 0 Å². The molecular weight excluding hydrogens is 445 g/mol. The molecule has 2 atom stereocenters. The lowest BCUT2D eigenvalue weighted by molar-refractivity contribution is -0.143. The summed E-state index contributed by atoms with van der Waals surface area (Å²) in [5.41, 5.74) is 1.18. The number of aliphatic carboxylic acids is 1. The first kappa shape index (κ1) is 25.4. The van der Waals surface area contributed by atoms with Crippen molar-refractivity contribution in [2.45, 2.75) is 64.7 Å². The summed E-state index contributed by atoms with van der Waals surface area (Å²) < 4.78 is 26.1. The van der Waals surface area contributed by atoms with Crippen LogP contribution in [-0.4, -0.2) is 67.4 Å². The third kappa shape index (κ3) is 5.63. The second-order valence-electron chi connectivity index (χ2n) is 9.29. The standard InChI is InChI=1S/C23H32FN5O5/c1-14-19(34-16-8-6-7-15(11-16)21(30)31)10-9-17(25-14)20-18(29(5)27-26-20)12-33-22(32)28(4)23(2,3)13-24/h9-10,15-16H,6-8,11-13H2,1-5H3,(H,30,31)/t15-,16-/m0/s1. The second-order valence-corrected chi connectivity index (χ2v) is 9.29. The van der Waals surface area contributed by atoms with Crippen molar-refractivity contribution in [1.82, 2.24) is 24.9 Å². The molecule has 2 aromatic rings. The number of amides is 1. The van der Waals surface area contributed by atoms with Crippen molar-refractivity contribution >= 4 is 12.1 Å². The highest BCUT2D eigenvalue weighted by Gasteiger charge is 2.30. The molecule has 186 valence electrons. The zero-order chi connectivity index (χ0) is 25.0. The van der Waals surface area contributed by atoms with Gasteiger partial charge in [0, 0.05) is 14.1 Å². The number of alkyl halides is 1. The average Bonchev–Trinajstić information content (AvgIpc) is 3.18. The first-order valence-electron chi connectivity index (χ1n) is 11.3. The molecule has 3 rings (SSSR count). The highest BCUT2D eigenvalue weighted by molar-refractivity contribution is 5.70. The Kier molecular flexibility index (Phi) is 7.73. The van der Waals surface area contributed by atoms with Gasteiger partial charge in [0.05, 0.1) is 28.9 Å². The van der Waals surface area contributed by atoms with Crippen LogP contribution in [0, 0.1) is 12.8 Å². The molecule has 0 aromatic carbocycles. The molecule has 1 N–H and O–H groups in total. The molecule has 1 amide bonds. The van der Waals surface area contributed by atoms with Crippen LogP contribution in [0.3, 0.4) is 0 Å². The molecular formula is C23H32FN5O5. The molecule has 2 heterocycles. The summed E-state index contributed by atoms with van der Waals surface area (Å²) in [6.07, 6.45) is 1.94. The fraction of sp³-hybridized carbons (Fsp3) is 0.609. The molecule has 34 heavy (non-hydrogen) atoms. The molecule has 0 bridgehead atoms. The van der Waals surface area contributed by atoms with Crippen molar-refractivity contribution < 1.29 is 28.6 Å². The number of hydrogen-bond donors (Lipinski definition) is 1. The molecule has 0 radical (unpaired) electrons. The molecule has 1 aliphatic rings. The molecule has 0 aliphatic heterocycles. The van der Waals surface area contributed by atoms with Crippen molar-refractivity contribution in [3.63, 3.8) is 0 Å². The Labute approximate surface area is 198 Å². The van der Waals surface area contributed by atoms with Crippen LogP contribution >= 0.6 is 0 Å². The van der Waals surface area contributed by atoms with E-state index in [-0.39, 0.29) is 18.6 Å². The van der Waals surface area contributed by atoms with Crippen LogP contribution in [0.15, 0.2) is 12.1 Å². The predicted molar refractivity (Wildman–Crippen MR) is 121 cm³/mol. The van der Waals surface area contributed by atoms with Crippen molar-refractivity contribution in [1.29, 1.82) is 0 Å². The van der Waals surface area contributed by atoms with Gasteiger partial charge in [0.1, 0.15) is 30.4 Å². The van der Waals surface area contributed by atoms with Crippen molar-refractivity contribution in [2.75, 3.05) is 13.7 Å². The minimum Gasteiger partial charge on any atom is -0.489 e. The number of pyridine rings is 1. The maximum Gasteiger partial charge on any atom is 0.410 e. The fourth-order valence-electron chi connectivity index (χ4n) is 3.76. The Morgan fingerprint density at radius 2 is 2.06 bits per heavy atom. The second kappa shape index (κ2) is 10.4. The minimum absolute atomic E-state index is 0.109. The number of carbonyl (C=O) groups is 2. The molecule has 0 saturated heterocycles. The van der Waals surface area contributed by atoms with Crippen molar-refractivity contribution in [2.24, 2.45) is 13.0 Å². The van der Waals surface area contributed by atoms with Crippen LogP contribution in [0.4, 0.5) is 9.18 Å². The van der Waals surface area contributed by atoms with Crippen LogP contribution in [-0.2, 0) is 23.2 Å². The molecule has 11 heteroatoms. The number of carboxylic acids is 1. The van der Waals surface area contributed by atoms with Crippen LogP contribution in [0.2, 0.25) is 0 Å². The van der Waals surface area contributed by atoms with Gasteiger partial charge in [0.15, 0.2) is 0 Å². The fourth-order valence-corrected chi connectivity index (χ4v) is 3.76. The van der Waals surface area contributed by atoms with E-state index in [1.54, 1.807) is 40.0 Å². The zero-order valence-electron chi connectivity index (χ0n) is 20.2. The average molecular weight is 478 g/mol. The molecule has 0 unspecified atom stereocenters. The lowest BCUT2D eigenvalue weighted by Gasteiger charge is -2.32. The number of hydrogen-bond acceptors (Lipinski definition) is 7. The number of nitrogens with zero attached hydrogens (tertiary/aromatic N) is 5. The van der Waals surface area contributed by atoms with Crippen LogP contribution in [0.25, 0.3) is 11.4 Å². The normalized spacial score (nSPS) is 18.4. The smallest absolute Gasteiger partial charge is 0.410 e. The molecule has 2 aromatic heterocycles. The number of rotatable bonds is 8. The highest BCUT2D eigenvalue weighted by atomic mass is 19.1. The lowest BCUT2D eigenvalue weighted by Crippen LogP contribution is -2.46. The zero-order valence-corrected chi connectivity index (χ0v) is 20.2. The predicted octanol–water partition coefficient (Wildman–Crippen LogP) is 3.52.